The molecular formula is C13H13ClFNO3. The normalized spacial score (nSPS) is 15.7. The molecule has 0 heterocycles. The van der Waals surface area contributed by atoms with Crippen molar-refractivity contribution in [1.82, 2.24) is 5.32 Å². The molecule has 1 aromatic rings. The van der Waals surface area contributed by atoms with Gasteiger partial charge in [0.1, 0.15) is 5.82 Å². The first-order valence-corrected chi connectivity index (χ1v) is 6.31. The largest absolute Gasteiger partial charge is 0.449 e. The van der Waals surface area contributed by atoms with Crippen molar-refractivity contribution < 1.29 is 18.7 Å². The molecule has 1 amide bonds. The Morgan fingerprint density at radius 2 is 2.16 bits per heavy atom. The zero-order valence-electron chi connectivity index (χ0n) is 10.3. The van der Waals surface area contributed by atoms with Crippen LogP contribution in [0, 0.1) is 5.82 Å². The lowest BCUT2D eigenvalue weighted by molar-refractivity contribution is -0.129. The van der Waals surface area contributed by atoms with E-state index < -0.39 is 17.9 Å². The van der Waals surface area contributed by atoms with Gasteiger partial charge in [0.2, 0.25) is 0 Å². The number of nitrogens with one attached hydrogen (secondary N) is 1. The van der Waals surface area contributed by atoms with Gasteiger partial charge in [0.05, 0.1) is 5.56 Å². The van der Waals surface area contributed by atoms with E-state index in [2.05, 4.69) is 5.32 Å². The Morgan fingerprint density at radius 3 is 2.74 bits per heavy atom. The van der Waals surface area contributed by atoms with E-state index >= 15 is 0 Å². The van der Waals surface area contributed by atoms with Crippen LogP contribution in [-0.4, -0.2) is 24.0 Å². The van der Waals surface area contributed by atoms with Crippen LogP contribution in [0.5, 0.6) is 0 Å². The van der Waals surface area contributed by atoms with E-state index in [1.165, 1.54) is 19.1 Å². The third kappa shape index (κ3) is 3.67. The Bertz CT molecular complexity index is 517. The minimum atomic E-state index is -0.955. The second-order valence-corrected chi connectivity index (χ2v) is 4.89. The molecule has 0 spiro atoms. The summed E-state index contributed by atoms with van der Waals surface area (Å²) in [4.78, 5) is 23.3. The molecule has 1 aromatic carbocycles. The standard InChI is InChI=1S/C13H13ClFNO3/c1-7(12(17)16-9-3-4-9)19-13(18)10-5-2-8(14)6-11(10)15/h2,5-7,9H,3-4H2,1H3,(H,16,17). The number of benzene rings is 1. The highest BCUT2D eigenvalue weighted by Gasteiger charge is 2.27. The van der Waals surface area contributed by atoms with E-state index in [1.54, 1.807) is 0 Å². The molecule has 2 rings (SSSR count). The molecule has 6 heteroatoms. The van der Waals surface area contributed by atoms with Gasteiger partial charge in [-0.2, -0.15) is 0 Å². The SMILES string of the molecule is CC(OC(=O)c1ccc(Cl)cc1F)C(=O)NC1CC1. The van der Waals surface area contributed by atoms with Crippen LogP contribution < -0.4 is 5.32 Å². The van der Waals surface area contributed by atoms with Gasteiger partial charge in [0, 0.05) is 11.1 Å². The van der Waals surface area contributed by atoms with Crippen molar-refractivity contribution in [1.29, 1.82) is 0 Å². The minimum absolute atomic E-state index is 0.181. The zero-order chi connectivity index (χ0) is 14.0. The number of ether oxygens (including phenoxy) is 1. The van der Waals surface area contributed by atoms with Crippen molar-refractivity contribution in [2.75, 3.05) is 0 Å². The molecule has 1 N–H and O–H groups in total. The molecule has 102 valence electrons. The van der Waals surface area contributed by atoms with E-state index in [-0.39, 0.29) is 22.5 Å². The van der Waals surface area contributed by atoms with E-state index in [4.69, 9.17) is 16.3 Å². The fourth-order valence-corrected chi connectivity index (χ4v) is 1.64. The quantitative estimate of drug-likeness (QED) is 0.864. The molecule has 0 saturated heterocycles. The van der Waals surface area contributed by atoms with Crippen LogP contribution >= 0.6 is 11.6 Å². The first-order chi connectivity index (χ1) is 8.97. The number of hydrogen-bond acceptors (Lipinski definition) is 3. The molecule has 0 aromatic heterocycles. The number of esters is 1. The third-order valence-corrected chi connectivity index (χ3v) is 2.96. The summed E-state index contributed by atoms with van der Waals surface area (Å²) in [5, 5.41) is 2.89. The maximum Gasteiger partial charge on any atom is 0.341 e. The van der Waals surface area contributed by atoms with E-state index in [9.17, 15) is 14.0 Å². The number of carbonyl (C=O) groups excluding carboxylic acids is 2. The predicted molar refractivity (Wildman–Crippen MR) is 67.5 cm³/mol. The molecule has 1 atom stereocenters. The summed E-state index contributed by atoms with van der Waals surface area (Å²) in [5.74, 6) is -2.02. The van der Waals surface area contributed by atoms with Crippen LogP contribution in [0.2, 0.25) is 5.02 Å². The van der Waals surface area contributed by atoms with E-state index in [0.717, 1.165) is 18.9 Å². The van der Waals surface area contributed by atoms with Crippen LogP contribution in [-0.2, 0) is 9.53 Å². The molecule has 1 aliphatic carbocycles. The highest BCUT2D eigenvalue weighted by atomic mass is 35.5. The number of hydrogen-bond donors (Lipinski definition) is 1. The Labute approximate surface area is 114 Å². The Balaban J connectivity index is 1.97. The lowest BCUT2D eigenvalue weighted by Gasteiger charge is -2.13. The molecule has 1 saturated carbocycles. The number of carbonyl (C=O) groups is 2. The van der Waals surface area contributed by atoms with Crippen LogP contribution in [0.1, 0.15) is 30.1 Å². The van der Waals surface area contributed by atoms with Gasteiger partial charge < -0.3 is 10.1 Å². The average molecular weight is 286 g/mol. The van der Waals surface area contributed by atoms with Crippen LogP contribution in [0.3, 0.4) is 0 Å². The van der Waals surface area contributed by atoms with Gasteiger partial charge in [-0.3, -0.25) is 4.79 Å². The second-order valence-electron chi connectivity index (χ2n) is 4.45. The van der Waals surface area contributed by atoms with Crippen LogP contribution in [0.25, 0.3) is 0 Å². The highest BCUT2D eigenvalue weighted by Crippen LogP contribution is 2.19. The summed E-state index contributed by atoms with van der Waals surface area (Å²) < 4.78 is 18.4. The van der Waals surface area contributed by atoms with Gasteiger partial charge in [0.15, 0.2) is 6.10 Å². The molecule has 0 radical (unpaired) electrons. The third-order valence-electron chi connectivity index (χ3n) is 2.73. The molecule has 1 aliphatic rings. The van der Waals surface area contributed by atoms with Gasteiger partial charge in [0.25, 0.3) is 5.91 Å². The van der Waals surface area contributed by atoms with Crippen molar-refractivity contribution in [3.63, 3.8) is 0 Å². The molecule has 0 aliphatic heterocycles. The van der Waals surface area contributed by atoms with Crippen molar-refractivity contribution >= 4 is 23.5 Å². The number of amides is 1. The summed E-state index contributed by atoms with van der Waals surface area (Å²) in [6.45, 7) is 1.45. The lowest BCUT2D eigenvalue weighted by atomic mass is 10.2. The van der Waals surface area contributed by atoms with Crippen molar-refractivity contribution in [2.24, 2.45) is 0 Å². The maximum atomic E-state index is 13.5. The Kier molecular flexibility index (Phi) is 4.04. The van der Waals surface area contributed by atoms with Crippen LogP contribution in [0.15, 0.2) is 18.2 Å². The highest BCUT2D eigenvalue weighted by molar-refractivity contribution is 6.30. The van der Waals surface area contributed by atoms with Crippen molar-refractivity contribution in [3.05, 3.63) is 34.6 Å². The summed E-state index contributed by atoms with van der Waals surface area (Å²) >= 11 is 5.59. The monoisotopic (exact) mass is 285 g/mol. The smallest absolute Gasteiger partial charge is 0.341 e. The predicted octanol–water partition coefficient (Wildman–Crippen LogP) is 2.30. The molecule has 0 bridgehead atoms. The maximum absolute atomic E-state index is 13.5. The van der Waals surface area contributed by atoms with Crippen molar-refractivity contribution in [2.45, 2.75) is 31.9 Å². The first kappa shape index (κ1) is 13.8. The molecule has 1 unspecified atom stereocenters. The number of rotatable bonds is 4. The summed E-state index contributed by atoms with van der Waals surface area (Å²) in [6.07, 6.45) is 0.930. The van der Waals surface area contributed by atoms with Crippen molar-refractivity contribution in [3.8, 4) is 0 Å². The lowest BCUT2D eigenvalue weighted by Crippen LogP contribution is -2.37. The molecule has 19 heavy (non-hydrogen) atoms. The molecule has 4 nitrogen and oxygen atoms in total. The van der Waals surface area contributed by atoms with Crippen LogP contribution in [0.4, 0.5) is 4.39 Å². The van der Waals surface area contributed by atoms with E-state index in [1.807, 2.05) is 0 Å². The topological polar surface area (TPSA) is 55.4 Å². The van der Waals surface area contributed by atoms with Gasteiger partial charge >= 0.3 is 5.97 Å². The summed E-state index contributed by atoms with van der Waals surface area (Å²) in [7, 11) is 0. The molecular weight excluding hydrogens is 273 g/mol. The minimum Gasteiger partial charge on any atom is -0.449 e. The summed E-state index contributed by atoms with van der Waals surface area (Å²) in [6, 6.07) is 3.82. The Hall–Kier alpha value is -1.62. The Morgan fingerprint density at radius 1 is 1.47 bits per heavy atom. The average Bonchev–Trinajstić information content (AvgIpc) is 3.12. The first-order valence-electron chi connectivity index (χ1n) is 5.94. The van der Waals surface area contributed by atoms with E-state index in [0.29, 0.717) is 0 Å². The van der Waals surface area contributed by atoms with Gasteiger partial charge in [-0.1, -0.05) is 11.6 Å². The fraction of sp³-hybridized carbons (Fsp3) is 0.385. The second kappa shape index (κ2) is 5.57. The van der Waals surface area contributed by atoms with Gasteiger partial charge in [-0.05, 0) is 38.0 Å². The summed E-state index contributed by atoms with van der Waals surface area (Å²) in [5.41, 5.74) is -0.240. The molecule has 1 fully saturated rings. The van der Waals surface area contributed by atoms with Gasteiger partial charge in [-0.15, -0.1) is 0 Å². The fourth-order valence-electron chi connectivity index (χ4n) is 1.48. The van der Waals surface area contributed by atoms with Gasteiger partial charge in [-0.25, -0.2) is 9.18 Å². The number of halogens is 2. The zero-order valence-corrected chi connectivity index (χ0v) is 11.0.